The van der Waals surface area contributed by atoms with Crippen molar-refractivity contribution in [2.45, 2.75) is 12.5 Å². The molecule has 1 amide bonds. The van der Waals surface area contributed by atoms with E-state index < -0.39 is 9.84 Å². The van der Waals surface area contributed by atoms with Crippen molar-refractivity contribution in [1.29, 1.82) is 0 Å². The Morgan fingerprint density at radius 3 is 2.68 bits per heavy atom. The Morgan fingerprint density at radius 2 is 2.05 bits per heavy atom. The van der Waals surface area contributed by atoms with E-state index in [9.17, 15) is 13.2 Å². The van der Waals surface area contributed by atoms with Crippen molar-refractivity contribution in [3.8, 4) is 11.3 Å². The molecule has 7 heteroatoms. The van der Waals surface area contributed by atoms with E-state index in [1.54, 1.807) is 13.1 Å². The summed E-state index contributed by atoms with van der Waals surface area (Å²) in [7, 11) is -1.38. The summed E-state index contributed by atoms with van der Waals surface area (Å²) in [5.41, 5.74) is 1.98. The van der Waals surface area contributed by atoms with E-state index in [4.69, 9.17) is 0 Å². The maximum Gasteiger partial charge on any atom is 0.271 e. The predicted molar refractivity (Wildman–Crippen MR) is 83.2 cm³/mol. The van der Waals surface area contributed by atoms with Crippen molar-refractivity contribution in [1.82, 2.24) is 15.1 Å². The van der Waals surface area contributed by atoms with E-state index in [1.165, 1.54) is 4.90 Å². The molecule has 22 heavy (non-hydrogen) atoms. The smallest absolute Gasteiger partial charge is 0.271 e. The number of nitrogens with one attached hydrogen (secondary N) is 1. The van der Waals surface area contributed by atoms with E-state index in [1.807, 2.05) is 30.3 Å². The molecule has 0 radical (unpaired) electrons. The summed E-state index contributed by atoms with van der Waals surface area (Å²) >= 11 is 0. The lowest BCUT2D eigenvalue weighted by Crippen LogP contribution is -2.38. The van der Waals surface area contributed by atoms with Gasteiger partial charge < -0.3 is 4.90 Å². The summed E-state index contributed by atoms with van der Waals surface area (Å²) in [5.74, 6) is -0.0561. The van der Waals surface area contributed by atoms with E-state index in [-0.39, 0.29) is 23.5 Å². The number of carbonyl (C=O) groups is 1. The highest BCUT2D eigenvalue weighted by Gasteiger charge is 2.33. The molecule has 1 aliphatic rings. The van der Waals surface area contributed by atoms with Crippen molar-refractivity contribution >= 4 is 15.7 Å². The number of hydrogen-bond donors (Lipinski definition) is 1. The van der Waals surface area contributed by atoms with E-state index in [0.29, 0.717) is 17.8 Å². The largest absolute Gasteiger partial charge is 0.336 e. The van der Waals surface area contributed by atoms with Gasteiger partial charge >= 0.3 is 0 Å². The number of aromatic amines is 1. The van der Waals surface area contributed by atoms with Gasteiger partial charge in [0, 0.05) is 18.7 Å². The van der Waals surface area contributed by atoms with Crippen molar-refractivity contribution < 1.29 is 13.2 Å². The number of carbonyl (C=O) groups excluding carboxylic acids is 1. The minimum absolute atomic E-state index is 0.0366. The van der Waals surface area contributed by atoms with Crippen LogP contribution in [0.2, 0.25) is 0 Å². The van der Waals surface area contributed by atoms with Crippen LogP contribution in [0.15, 0.2) is 36.4 Å². The molecule has 2 aromatic rings. The standard InChI is InChI=1S/C15H17N3O3S/c1-18(12-7-8-22(20,21)10-12)15(19)14-9-13(16-17-14)11-5-3-2-4-6-11/h2-6,9,12H,7-8,10H2,1H3,(H,16,17). The maximum atomic E-state index is 12.4. The molecule has 1 unspecified atom stereocenters. The molecule has 116 valence electrons. The second kappa shape index (κ2) is 5.57. The maximum absolute atomic E-state index is 12.4. The number of amides is 1. The number of benzene rings is 1. The zero-order chi connectivity index (χ0) is 15.7. The van der Waals surface area contributed by atoms with Gasteiger partial charge in [-0.15, -0.1) is 0 Å². The van der Waals surface area contributed by atoms with Crippen molar-refractivity contribution in [2.24, 2.45) is 0 Å². The number of rotatable bonds is 3. The Kier molecular flexibility index (Phi) is 3.74. The number of hydrogen-bond acceptors (Lipinski definition) is 4. The Labute approximate surface area is 129 Å². The third-order valence-corrected chi connectivity index (χ3v) is 5.70. The van der Waals surface area contributed by atoms with Crippen LogP contribution in [0.5, 0.6) is 0 Å². The normalized spacial score (nSPS) is 20.0. The molecule has 1 fully saturated rings. The van der Waals surface area contributed by atoms with E-state index in [0.717, 1.165) is 5.56 Å². The summed E-state index contributed by atoms with van der Waals surface area (Å²) in [6, 6.07) is 11.0. The Bertz CT molecular complexity index is 783. The summed E-state index contributed by atoms with van der Waals surface area (Å²) in [6.45, 7) is 0. The number of nitrogens with zero attached hydrogens (tertiary/aromatic N) is 2. The fourth-order valence-electron chi connectivity index (χ4n) is 2.62. The molecule has 3 rings (SSSR count). The Balaban J connectivity index is 1.77. The summed E-state index contributed by atoms with van der Waals surface area (Å²) in [5, 5.41) is 6.89. The zero-order valence-electron chi connectivity index (χ0n) is 12.2. The lowest BCUT2D eigenvalue weighted by Gasteiger charge is -2.22. The zero-order valence-corrected chi connectivity index (χ0v) is 13.0. The van der Waals surface area contributed by atoms with Gasteiger partial charge in [-0.1, -0.05) is 30.3 Å². The summed E-state index contributed by atoms with van der Waals surface area (Å²) in [6.07, 6.45) is 0.490. The first-order chi connectivity index (χ1) is 10.5. The number of sulfone groups is 1. The molecule has 1 atom stereocenters. The molecule has 1 aliphatic heterocycles. The van der Waals surface area contributed by atoms with Gasteiger partial charge in [0.15, 0.2) is 9.84 Å². The van der Waals surface area contributed by atoms with Gasteiger partial charge in [-0.2, -0.15) is 5.10 Å². The van der Waals surface area contributed by atoms with Crippen LogP contribution in [0.25, 0.3) is 11.3 Å². The lowest BCUT2D eigenvalue weighted by molar-refractivity contribution is 0.0741. The highest BCUT2D eigenvalue weighted by atomic mass is 32.2. The molecular weight excluding hydrogens is 302 g/mol. The second-order valence-electron chi connectivity index (χ2n) is 5.51. The molecule has 0 saturated carbocycles. The third kappa shape index (κ3) is 2.89. The topological polar surface area (TPSA) is 83.1 Å². The highest BCUT2D eigenvalue weighted by molar-refractivity contribution is 7.91. The van der Waals surface area contributed by atoms with E-state index in [2.05, 4.69) is 10.2 Å². The molecule has 0 aliphatic carbocycles. The highest BCUT2D eigenvalue weighted by Crippen LogP contribution is 2.20. The van der Waals surface area contributed by atoms with E-state index >= 15 is 0 Å². The third-order valence-electron chi connectivity index (χ3n) is 3.95. The van der Waals surface area contributed by atoms with Crippen LogP contribution >= 0.6 is 0 Å². The van der Waals surface area contributed by atoms with Crippen LogP contribution in [-0.4, -0.2) is 54.0 Å². The summed E-state index contributed by atoms with van der Waals surface area (Å²) < 4.78 is 23.1. The molecule has 0 spiro atoms. The van der Waals surface area contributed by atoms with Crippen LogP contribution in [0, 0.1) is 0 Å². The fraction of sp³-hybridized carbons (Fsp3) is 0.333. The van der Waals surface area contributed by atoms with Crippen LogP contribution in [0.3, 0.4) is 0 Å². The van der Waals surface area contributed by atoms with Gasteiger partial charge in [-0.3, -0.25) is 9.89 Å². The molecule has 2 heterocycles. The first kappa shape index (κ1) is 14.8. The van der Waals surface area contributed by atoms with Crippen LogP contribution in [-0.2, 0) is 9.84 Å². The Morgan fingerprint density at radius 1 is 1.32 bits per heavy atom. The van der Waals surface area contributed by atoms with Crippen molar-refractivity contribution in [3.63, 3.8) is 0 Å². The van der Waals surface area contributed by atoms with Crippen LogP contribution in [0.1, 0.15) is 16.9 Å². The first-order valence-corrected chi connectivity index (χ1v) is 8.87. The number of aromatic nitrogens is 2. The van der Waals surface area contributed by atoms with Gasteiger partial charge in [0.25, 0.3) is 5.91 Å². The minimum atomic E-state index is -3.01. The van der Waals surface area contributed by atoms with Crippen molar-refractivity contribution in [2.75, 3.05) is 18.6 Å². The SMILES string of the molecule is CN(C(=O)c1cc(-c2ccccc2)n[nH]1)C1CCS(=O)(=O)C1. The summed E-state index contributed by atoms with van der Waals surface area (Å²) in [4.78, 5) is 13.9. The molecular formula is C15H17N3O3S. The van der Waals surface area contributed by atoms with Gasteiger partial charge in [-0.05, 0) is 12.5 Å². The number of H-pyrrole nitrogens is 1. The van der Waals surface area contributed by atoms with Crippen LogP contribution in [0.4, 0.5) is 0 Å². The van der Waals surface area contributed by atoms with Gasteiger partial charge in [0.05, 0.1) is 17.2 Å². The molecule has 1 saturated heterocycles. The quantitative estimate of drug-likeness (QED) is 0.925. The van der Waals surface area contributed by atoms with Gasteiger partial charge in [0.1, 0.15) is 5.69 Å². The first-order valence-electron chi connectivity index (χ1n) is 7.05. The molecule has 1 aromatic carbocycles. The predicted octanol–water partition coefficient (Wildman–Crippen LogP) is 1.34. The minimum Gasteiger partial charge on any atom is -0.336 e. The monoisotopic (exact) mass is 319 g/mol. The molecule has 0 bridgehead atoms. The average molecular weight is 319 g/mol. The molecule has 1 N–H and O–H groups in total. The molecule has 6 nitrogen and oxygen atoms in total. The van der Waals surface area contributed by atoms with Crippen molar-refractivity contribution in [3.05, 3.63) is 42.1 Å². The van der Waals surface area contributed by atoms with Gasteiger partial charge in [0.2, 0.25) is 0 Å². The lowest BCUT2D eigenvalue weighted by atomic mass is 10.1. The average Bonchev–Trinajstić information content (AvgIpc) is 3.13. The van der Waals surface area contributed by atoms with Gasteiger partial charge in [-0.25, -0.2) is 8.42 Å². The van der Waals surface area contributed by atoms with Crippen LogP contribution < -0.4 is 0 Å². The second-order valence-corrected chi connectivity index (χ2v) is 7.73. The Hall–Kier alpha value is -2.15. The molecule has 1 aromatic heterocycles. The fourth-order valence-corrected chi connectivity index (χ4v) is 4.40.